The zero-order valence-electron chi connectivity index (χ0n) is 12.3. The van der Waals surface area contributed by atoms with E-state index in [9.17, 15) is 13.6 Å². The Kier molecular flexibility index (Phi) is 4.53. The molecule has 8 heteroatoms. The number of rotatable bonds is 3. The third kappa shape index (κ3) is 3.48. The van der Waals surface area contributed by atoms with Gasteiger partial charge in [0.15, 0.2) is 5.13 Å². The van der Waals surface area contributed by atoms with Gasteiger partial charge in [0.25, 0.3) is 5.91 Å². The lowest BCUT2D eigenvalue weighted by Crippen LogP contribution is -2.48. The van der Waals surface area contributed by atoms with E-state index in [1.807, 2.05) is 0 Å². The van der Waals surface area contributed by atoms with E-state index in [0.29, 0.717) is 37.9 Å². The molecule has 1 amide bonds. The summed E-state index contributed by atoms with van der Waals surface area (Å²) in [5.74, 6) is -2.24. The van der Waals surface area contributed by atoms with Crippen LogP contribution in [0.25, 0.3) is 0 Å². The Balaban J connectivity index is 1.61. The van der Waals surface area contributed by atoms with Gasteiger partial charge in [0.05, 0.1) is 0 Å². The van der Waals surface area contributed by atoms with Crippen molar-refractivity contribution in [2.45, 2.75) is 6.54 Å². The second-order valence-electron chi connectivity index (χ2n) is 5.33. The average molecular weight is 338 g/mol. The fraction of sp³-hybridized carbons (Fsp3) is 0.333. The Bertz CT molecular complexity index is 693. The molecule has 0 radical (unpaired) electrons. The number of hydrogen-bond acceptors (Lipinski definition) is 5. The van der Waals surface area contributed by atoms with Crippen molar-refractivity contribution in [3.05, 3.63) is 46.5 Å². The molecule has 1 aromatic carbocycles. The van der Waals surface area contributed by atoms with Crippen molar-refractivity contribution in [1.29, 1.82) is 0 Å². The molecular formula is C15H16F2N4OS. The van der Waals surface area contributed by atoms with Gasteiger partial charge in [0.1, 0.15) is 17.2 Å². The highest BCUT2D eigenvalue weighted by molar-refractivity contribution is 7.15. The minimum Gasteiger partial charge on any atom is -0.375 e. The smallest absolute Gasteiger partial charge is 0.259 e. The number of nitrogens with two attached hydrogens (primary N) is 1. The molecule has 2 heterocycles. The van der Waals surface area contributed by atoms with Gasteiger partial charge >= 0.3 is 0 Å². The van der Waals surface area contributed by atoms with Gasteiger partial charge in [0.2, 0.25) is 0 Å². The summed E-state index contributed by atoms with van der Waals surface area (Å²) in [6.07, 6.45) is 1.74. The largest absolute Gasteiger partial charge is 0.375 e. The standard InChI is InChI=1S/C15H16F2N4OS/c16-11-2-1-3-12(17)13(11)14(22)21-6-4-20(5-7-21)9-10-8-19-15(18)23-10/h1-3,8H,4-7,9H2,(H2,18,19). The van der Waals surface area contributed by atoms with E-state index in [1.165, 1.54) is 22.3 Å². The quantitative estimate of drug-likeness (QED) is 0.929. The Hall–Kier alpha value is -2.06. The summed E-state index contributed by atoms with van der Waals surface area (Å²) >= 11 is 1.43. The Labute approximate surface area is 136 Å². The van der Waals surface area contributed by atoms with Crippen molar-refractivity contribution in [1.82, 2.24) is 14.8 Å². The fourth-order valence-corrected chi connectivity index (χ4v) is 3.31. The SMILES string of the molecule is Nc1ncc(CN2CCN(C(=O)c3c(F)cccc3F)CC2)s1. The predicted molar refractivity (Wildman–Crippen MR) is 84.1 cm³/mol. The summed E-state index contributed by atoms with van der Waals surface area (Å²) in [6, 6.07) is 3.45. The van der Waals surface area contributed by atoms with Crippen molar-refractivity contribution in [3.8, 4) is 0 Å². The molecule has 1 fully saturated rings. The molecule has 0 unspecified atom stereocenters. The zero-order valence-corrected chi connectivity index (χ0v) is 13.2. The van der Waals surface area contributed by atoms with Gasteiger partial charge in [-0.3, -0.25) is 9.69 Å². The lowest BCUT2D eigenvalue weighted by molar-refractivity contribution is 0.0620. The number of amides is 1. The number of thiazole rings is 1. The molecule has 1 aliphatic rings. The summed E-state index contributed by atoms with van der Waals surface area (Å²) in [4.78, 5) is 21.0. The summed E-state index contributed by atoms with van der Waals surface area (Å²) in [7, 11) is 0. The number of anilines is 1. The van der Waals surface area contributed by atoms with Crippen molar-refractivity contribution >= 4 is 22.4 Å². The number of aromatic nitrogens is 1. The molecular weight excluding hydrogens is 322 g/mol. The Morgan fingerprint density at radius 2 is 1.87 bits per heavy atom. The van der Waals surface area contributed by atoms with Crippen LogP contribution in [0.2, 0.25) is 0 Å². The number of hydrogen-bond donors (Lipinski definition) is 1. The predicted octanol–water partition coefficient (Wildman–Crippen LogP) is 1.96. The van der Waals surface area contributed by atoms with Crippen LogP contribution in [-0.2, 0) is 6.54 Å². The topological polar surface area (TPSA) is 62.5 Å². The van der Waals surface area contributed by atoms with E-state index in [2.05, 4.69) is 9.88 Å². The number of nitrogen functional groups attached to an aromatic ring is 1. The molecule has 1 aliphatic heterocycles. The number of nitrogens with zero attached hydrogens (tertiary/aromatic N) is 3. The van der Waals surface area contributed by atoms with Crippen molar-refractivity contribution in [2.24, 2.45) is 0 Å². The molecule has 5 nitrogen and oxygen atoms in total. The maximum Gasteiger partial charge on any atom is 0.259 e. The number of piperazine rings is 1. The first-order chi connectivity index (χ1) is 11.0. The van der Waals surface area contributed by atoms with E-state index in [1.54, 1.807) is 6.20 Å². The van der Waals surface area contributed by atoms with Gasteiger partial charge in [-0.2, -0.15) is 0 Å². The molecule has 0 bridgehead atoms. The van der Waals surface area contributed by atoms with Gasteiger partial charge in [-0.05, 0) is 12.1 Å². The van der Waals surface area contributed by atoms with Crippen molar-refractivity contribution in [3.63, 3.8) is 0 Å². The normalized spacial score (nSPS) is 15.8. The van der Waals surface area contributed by atoms with E-state index in [-0.39, 0.29) is 0 Å². The Morgan fingerprint density at radius 1 is 1.22 bits per heavy atom. The van der Waals surface area contributed by atoms with Crippen LogP contribution in [0, 0.1) is 11.6 Å². The molecule has 2 N–H and O–H groups in total. The lowest BCUT2D eigenvalue weighted by Gasteiger charge is -2.34. The fourth-order valence-electron chi connectivity index (χ4n) is 2.59. The molecule has 122 valence electrons. The summed E-state index contributed by atoms with van der Waals surface area (Å²) in [5, 5.41) is 0.531. The van der Waals surface area contributed by atoms with Crippen LogP contribution in [-0.4, -0.2) is 46.9 Å². The first kappa shape index (κ1) is 15.8. The lowest BCUT2D eigenvalue weighted by atomic mass is 10.1. The minimum atomic E-state index is -0.822. The Morgan fingerprint density at radius 3 is 2.43 bits per heavy atom. The zero-order chi connectivity index (χ0) is 16.4. The molecule has 0 aliphatic carbocycles. The monoisotopic (exact) mass is 338 g/mol. The van der Waals surface area contributed by atoms with Gasteiger partial charge in [-0.1, -0.05) is 6.07 Å². The van der Waals surface area contributed by atoms with Crippen LogP contribution in [0.4, 0.5) is 13.9 Å². The summed E-state index contributed by atoms with van der Waals surface area (Å²) < 4.78 is 27.4. The molecule has 0 saturated carbocycles. The maximum atomic E-state index is 13.7. The van der Waals surface area contributed by atoms with E-state index in [0.717, 1.165) is 17.0 Å². The van der Waals surface area contributed by atoms with Crippen LogP contribution in [0.3, 0.4) is 0 Å². The third-order valence-corrected chi connectivity index (χ3v) is 4.60. The maximum absolute atomic E-state index is 13.7. The molecule has 1 saturated heterocycles. The molecule has 0 spiro atoms. The van der Waals surface area contributed by atoms with Crippen LogP contribution in [0.15, 0.2) is 24.4 Å². The second-order valence-corrected chi connectivity index (χ2v) is 6.48. The molecule has 23 heavy (non-hydrogen) atoms. The van der Waals surface area contributed by atoms with E-state index < -0.39 is 23.1 Å². The number of carbonyl (C=O) groups excluding carboxylic acids is 1. The van der Waals surface area contributed by atoms with Crippen molar-refractivity contribution in [2.75, 3.05) is 31.9 Å². The third-order valence-electron chi connectivity index (χ3n) is 3.79. The van der Waals surface area contributed by atoms with E-state index >= 15 is 0 Å². The highest BCUT2D eigenvalue weighted by atomic mass is 32.1. The van der Waals surface area contributed by atoms with Gasteiger partial charge < -0.3 is 10.6 Å². The van der Waals surface area contributed by atoms with Crippen LogP contribution >= 0.6 is 11.3 Å². The average Bonchev–Trinajstić information content (AvgIpc) is 2.93. The van der Waals surface area contributed by atoms with Gasteiger partial charge in [-0.25, -0.2) is 13.8 Å². The molecule has 2 aromatic rings. The number of halogens is 2. The summed E-state index contributed by atoms with van der Waals surface area (Å²) in [6.45, 7) is 2.85. The first-order valence-electron chi connectivity index (χ1n) is 7.20. The molecule has 0 atom stereocenters. The minimum absolute atomic E-state index is 0.431. The first-order valence-corrected chi connectivity index (χ1v) is 8.02. The number of carbonyl (C=O) groups is 1. The van der Waals surface area contributed by atoms with Crippen LogP contribution in [0.5, 0.6) is 0 Å². The number of benzene rings is 1. The summed E-state index contributed by atoms with van der Waals surface area (Å²) in [5.41, 5.74) is 5.13. The van der Waals surface area contributed by atoms with Gasteiger partial charge in [-0.15, -0.1) is 11.3 Å². The second kappa shape index (κ2) is 6.59. The van der Waals surface area contributed by atoms with Gasteiger partial charge in [0, 0.05) is 43.8 Å². The highest BCUT2D eigenvalue weighted by Gasteiger charge is 2.26. The highest BCUT2D eigenvalue weighted by Crippen LogP contribution is 2.19. The van der Waals surface area contributed by atoms with E-state index in [4.69, 9.17) is 5.73 Å². The van der Waals surface area contributed by atoms with Crippen LogP contribution < -0.4 is 5.73 Å². The molecule has 1 aromatic heterocycles. The van der Waals surface area contributed by atoms with Crippen molar-refractivity contribution < 1.29 is 13.6 Å². The van der Waals surface area contributed by atoms with Crippen LogP contribution in [0.1, 0.15) is 15.2 Å². The molecule has 3 rings (SSSR count).